The van der Waals surface area contributed by atoms with Crippen LogP contribution < -0.4 is 5.32 Å². The number of nitrogens with one attached hydrogen (secondary N) is 1. The van der Waals surface area contributed by atoms with Crippen molar-refractivity contribution in [1.29, 1.82) is 0 Å². The number of hydrogen-bond donors (Lipinski definition) is 1. The molecule has 1 N–H and O–H groups in total. The average molecular weight is 225 g/mol. The average Bonchev–Trinajstić information content (AvgIpc) is 2.08. The van der Waals surface area contributed by atoms with Gasteiger partial charge in [0.2, 0.25) is 5.91 Å². The standard InChI is InChI=1S/C12H13F2NO/c1-7(16)15-12-4-9(5-12)8-2-10(13)6-11(14)3-8/h2-3,6,9,12H,4-5H2,1H3,(H,15,16). The van der Waals surface area contributed by atoms with Crippen LogP contribution in [-0.2, 0) is 4.79 Å². The minimum absolute atomic E-state index is 0.0612. The van der Waals surface area contributed by atoms with Crippen LogP contribution in [0.2, 0.25) is 0 Å². The predicted molar refractivity (Wildman–Crippen MR) is 55.9 cm³/mol. The summed E-state index contributed by atoms with van der Waals surface area (Å²) in [7, 11) is 0. The summed E-state index contributed by atoms with van der Waals surface area (Å²) in [6.07, 6.45) is 1.50. The lowest BCUT2D eigenvalue weighted by molar-refractivity contribution is -0.120. The number of halogens is 2. The van der Waals surface area contributed by atoms with Crippen molar-refractivity contribution in [2.45, 2.75) is 31.7 Å². The van der Waals surface area contributed by atoms with Gasteiger partial charge in [0.15, 0.2) is 0 Å². The Bertz CT molecular complexity index is 393. The number of carbonyl (C=O) groups excluding carboxylic acids is 1. The fourth-order valence-electron chi connectivity index (χ4n) is 2.11. The second-order valence-corrected chi connectivity index (χ2v) is 4.27. The highest BCUT2D eigenvalue weighted by molar-refractivity contribution is 5.73. The molecular formula is C12H13F2NO. The minimum Gasteiger partial charge on any atom is -0.354 e. The quantitative estimate of drug-likeness (QED) is 0.822. The van der Waals surface area contributed by atoms with Crippen LogP contribution in [-0.4, -0.2) is 11.9 Å². The van der Waals surface area contributed by atoms with Gasteiger partial charge in [-0.05, 0) is 36.5 Å². The summed E-state index contributed by atoms with van der Waals surface area (Å²) in [4.78, 5) is 10.8. The SMILES string of the molecule is CC(=O)NC1CC(c2cc(F)cc(F)c2)C1. The largest absolute Gasteiger partial charge is 0.354 e. The van der Waals surface area contributed by atoms with E-state index in [0.717, 1.165) is 18.9 Å². The first kappa shape index (κ1) is 11.0. The molecule has 0 bridgehead atoms. The molecule has 0 aromatic heterocycles. The molecule has 16 heavy (non-hydrogen) atoms. The number of carbonyl (C=O) groups is 1. The van der Waals surface area contributed by atoms with Crippen molar-refractivity contribution in [2.24, 2.45) is 0 Å². The van der Waals surface area contributed by atoms with E-state index in [1.807, 2.05) is 0 Å². The van der Waals surface area contributed by atoms with Crippen molar-refractivity contribution in [1.82, 2.24) is 5.32 Å². The van der Waals surface area contributed by atoms with Gasteiger partial charge in [0.25, 0.3) is 0 Å². The summed E-state index contributed by atoms with van der Waals surface area (Å²) < 4.78 is 25.9. The molecule has 0 aliphatic heterocycles. The van der Waals surface area contributed by atoms with E-state index in [0.29, 0.717) is 5.56 Å². The highest BCUT2D eigenvalue weighted by atomic mass is 19.1. The molecule has 0 unspecified atom stereocenters. The first-order valence-corrected chi connectivity index (χ1v) is 5.27. The number of amides is 1. The smallest absolute Gasteiger partial charge is 0.217 e. The van der Waals surface area contributed by atoms with Gasteiger partial charge in [0.05, 0.1) is 0 Å². The van der Waals surface area contributed by atoms with E-state index in [9.17, 15) is 13.6 Å². The zero-order chi connectivity index (χ0) is 11.7. The van der Waals surface area contributed by atoms with E-state index in [1.54, 1.807) is 0 Å². The van der Waals surface area contributed by atoms with Gasteiger partial charge in [-0.3, -0.25) is 4.79 Å². The summed E-state index contributed by atoms with van der Waals surface area (Å²) in [5.41, 5.74) is 0.680. The maximum absolute atomic E-state index is 12.9. The fraction of sp³-hybridized carbons (Fsp3) is 0.417. The van der Waals surface area contributed by atoms with E-state index in [1.165, 1.54) is 19.1 Å². The Labute approximate surface area is 92.7 Å². The highest BCUT2D eigenvalue weighted by Crippen LogP contribution is 2.37. The van der Waals surface area contributed by atoms with Gasteiger partial charge in [-0.25, -0.2) is 8.78 Å². The van der Waals surface area contributed by atoms with E-state index >= 15 is 0 Å². The van der Waals surface area contributed by atoms with Crippen LogP contribution in [0.1, 0.15) is 31.2 Å². The number of benzene rings is 1. The van der Waals surface area contributed by atoms with E-state index < -0.39 is 11.6 Å². The number of rotatable bonds is 2. The van der Waals surface area contributed by atoms with Crippen molar-refractivity contribution in [2.75, 3.05) is 0 Å². The fourth-order valence-corrected chi connectivity index (χ4v) is 2.11. The second kappa shape index (κ2) is 4.20. The highest BCUT2D eigenvalue weighted by Gasteiger charge is 2.31. The van der Waals surface area contributed by atoms with Gasteiger partial charge in [0, 0.05) is 19.0 Å². The molecule has 0 spiro atoms. The summed E-state index contributed by atoms with van der Waals surface area (Å²) in [6.45, 7) is 1.47. The Morgan fingerprint density at radius 3 is 2.31 bits per heavy atom. The van der Waals surface area contributed by atoms with Crippen LogP contribution in [0.15, 0.2) is 18.2 Å². The Morgan fingerprint density at radius 1 is 1.25 bits per heavy atom. The normalized spacial score (nSPS) is 23.7. The van der Waals surface area contributed by atoms with E-state index in [-0.39, 0.29) is 17.9 Å². The lowest BCUT2D eigenvalue weighted by Gasteiger charge is -2.36. The van der Waals surface area contributed by atoms with Gasteiger partial charge in [-0.1, -0.05) is 0 Å². The minimum atomic E-state index is -0.544. The first-order chi connectivity index (χ1) is 7.54. The van der Waals surface area contributed by atoms with Crippen LogP contribution >= 0.6 is 0 Å². The molecule has 1 amide bonds. The third-order valence-corrected chi connectivity index (χ3v) is 2.90. The zero-order valence-corrected chi connectivity index (χ0v) is 8.97. The third kappa shape index (κ3) is 2.38. The molecule has 1 aromatic carbocycles. The van der Waals surface area contributed by atoms with Crippen LogP contribution in [0.4, 0.5) is 8.78 Å². The Morgan fingerprint density at radius 2 is 1.81 bits per heavy atom. The van der Waals surface area contributed by atoms with Crippen molar-refractivity contribution in [3.8, 4) is 0 Å². The van der Waals surface area contributed by atoms with Gasteiger partial charge in [0.1, 0.15) is 11.6 Å². The molecule has 1 aromatic rings. The topological polar surface area (TPSA) is 29.1 Å². The van der Waals surface area contributed by atoms with Crippen molar-refractivity contribution >= 4 is 5.91 Å². The lowest BCUT2D eigenvalue weighted by Crippen LogP contribution is -2.42. The molecule has 0 radical (unpaired) electrons. The molecule has 0 saturated heterocycles. The Balaban J connectivity index is 1.98. The second-order valence-electron chi connectivity index (χ2n) is 4.27. The van der Waals surface area contributed by atoms with Crippen LogP contribution in [0.5, 0.6) is 0 Å². The van der Waals surface area contributed by atoms with Crippen LogP contribution in [0, 0.1) is 11.6 Å². The Kier molecular flexibility index (Phi) is 2.90. The molecule has 4 heteroatoms. The van der Waals surface area contributed by atoms with Gasteiger partial charge >= 0.3 is 0 Å². The maximum atomic E-state index is 12.9. The summed E-state index contributed by atoms with van der Waals surface area (Å²) in [6, 6.07) is 3.73. The van der Waals surface area contributed by atoms with Gasteiger partial charge < -0.3 is 5.32 Å². The molecule has 1 aliphatic rings. The molecule has 0 heterocycles. The third-order valence-electron chi connectivity index (χ3n) is 2.90. The van der Waals surface area contributed by atoms with Crippen LogP contribution in [0.3, 0.4) is 0 Å². The Hall–Kier alpha value is -1.45. The van der Waals surface area contributed by atoms with E-state index in [2.05, 4.69) is 5.32 Å². The van der Waals surface area contributed by atoms with Crippen molar-refractivity contribution in [3.63, 3.8) is 0 Å². The zero-order valence-electron chi connectivity index (χ0n) is 8.97. The number of hydrogen-bond acceptors (Lipinski definition) is 1. The summed E-state index contributed by atoms with van der Waals surface area (Å²) in [5, 5.41) is 2.78. The molecule has 1 saturated carbocycles. The molecule has 1 aliphatic carbocycles. The molecule has 2 nitrogen and oxygen atoms in total. The molecule has 2 rings (SSSR count). The van der Waals surface area contributed by atoms with Crippen molar-refractivity contribution in [3.05, 3.63) is 35.4 Å². The summed E-state index contributed by atoms with van der Waals surface area (Å²) in [5.74, 6) is -0.994. The lowest BCUT2D eigenvalue weighted by atomic mass is 9.76. The maximum Gasteiger partial charge on any atom is 0.217 e. The van der Waals surface area contributed by atoms with Crippen molar-refractivity contribution < 1.29 is 13.6 Å². The van der Waals surface area contributed by atoms with Gasteiger partial charge in [-0.15, -0.1) is 0 Å². The summed E-state index contributed by atoms with van der Waals surface area (Å²) >= 11 is 0. The molecule has 86 valence electrons. The van der Waals surface area contributed by atoms with Gasteiger partial charge in [-0.2, -0.15) is 0 Å². The first-order valence-electron chi connectivity index (χ1n) is 5.27. The van der Waals surface area contributed by atoms with E-state index in [4.69, 9.17) is 0 Å². The molecule has 0 atom stereocenters. The monoisotopic (exact) mass is 225 g/mol. The predicted octanol–water partition coefficient (Wildman–Crippen LogP) is 2.35. The molecular weight excluding hydrogens is 212 g/mol. The molecule has 1 fully saturated rings. The van der Waals surface area contributed by atoms with Crippen LogP contribution in [0.25, 0.3) is 0 Å².